The Labute approximate surface area is 217 Å². The number of benzene rings is 3. The Morgan fingerprint density at radius 1 is 0.553 bits per heavy atom. The maximum atomic E-state index is 9.69. The number of nitrogens with zero attached hydrogens (tertiary/aromatic N) is 5. The van der Waals surface area contributed by atoms with Crippen LogP contribution in [0.2, 0.25) is 0 Å². The number of hydrogen-bond donors (Lipinski definition) is 2. The molecule has 7 heteroatoms. The van der Waals surface area contributed by atoms with Gasteiger partial charge in [-0.2, -0.15) is 26.3 Å². The highest BCUT2D eigenvalue weighted by molar-refractivity contribution is 6.11. The van der Waals surface area contributed by atoms with Gasteiger partial charge in [0.05, 0.1) is 11.0 Å². The first-order chi connectivity index (χ1) is 18.6. The molecule has 3 aromatic carbocycles. The largest absolute Gasteiger partial charge is 0.354 e. The summed E-state index contributed by atoms with van der Waals surface area (Å²) >= 11 is 0. The Morgan fingerprint density at radius 3 is 1.71 bits per heavy atom. The first-order valence-corrected chi connectivity index (χ1v) is 11.4. The quantitative estimate of drug-likeness (QED) is 0.286. The fourth-order valence-electron chi connectivity index (χ4n) is 4.60. The van der Waals surface area contributed by atoms with E-state index in [9.17, 15) is 26.3 Å². The van der Waals surface area contributed by atoms with Crippen LogP contribution in [-0.2, 0) is 0 Å². The molecule has 2 aromatic heterocycles. The van der Waals surface area contributed by atoms with Gasteiger partial charge in [-0.15, -0.1) is 0 Å². The lowest BCUT2D eigenvalue weighted by Gasteiger charge is -2.14. The lowest BCUT2D eigenvalue weighted by atomic mass is 9.90. The van der Waals surface area contributed by atoms with Gasteiger partial charge < -0.3 is 9.97 Å². The highest BCUT2D eigenvalue weighted by Gasteiger charge is 2.19. The van der Waals surface area contributed by atoms with Gasteiger partial charge in [0.25, 0.3) is 0 Å². The average molecular weight is 486 g/mol. The third-order valence-electron chi connectivity index (χ3n) is 6.28. The van der Waals surface area contributed by atoms with Gasteiger partial charge in [-0.3, -0.25) is 0 Å². The molecule has 0 bridgehead atoms. The van der Waals surface area contributed by atoms with Crippen LogP contribution in [0.25, 0.3) is 38.3 Å². The number of fused-ring (bicyclic) bond motifs is 2. The van der Waals surface area contributed by atoms with E-state index in [2.05, 4.69) is 16.0 Å². The summed E-state index contributed by atoms with van der Waals surface area (Å²) in [4.78, 5) is 6.45. The van der Waals surface area contributed by atoms with Crippen molar-refractivity contribution in [3.8, 4) is 30.3 Å². The Morgan fingerprint density at radius 2 is 1.13 bits per heavy atom. The molecular weight excluding hydrogens is 470 g/mol. The highest BCUT2D eigenvalue weighted by Crippen LogP contribution is 2.35. The molecule has 0 aliphatic carbocycles. The zero-order chi connectivity index (χ0) is 26.6. The fourth-order valence-corrected chi connectivity index (χ4v) is 4.60. The van der Waals surface area contributed by atoms with Crippen molar-refractivity contribution < 1.29 is 0 Å². The Kier molecular flexibility index (Phi) is 6.00. The van der Waals surface area contributed by atoms with Crippen LogP contribution in [0.1, 0.15) is 17.0 Å². The molecule has 0 radical (unpaired) electrons. The van der Waals surface area contributed by atoms with E-state index in [4.69, 9.17) is 0 Å². The standard InChI is InChI=1S/C31H15N7/c32-14-21(15-33)25(18-36)27-10-12-29(38-27)31(28-11-9-26(37-28)22(16-34)17-35)30-23-7-3-1-5-19(23)13-20-6-2-4-8-24(20)30/h1-13,37-38H/b31-28+. The van der Waals surface area contributed by atoms with Crippen LogP contribution in [0, 0.1) is 56.7 Å². The summed E-state index contributed by atoms with van der Waals surface area (Å²) in [6, 6.07) is 34.3. The Balaban J connectivity index is 1.96. The summed E-state index contributed by atoms with van der Waals surface area (Å²) in [5.74, 6) is 0. The van der Waals surface area contributed by atoms with E-state index in [-0.39, 0.29) is 16.7 Å². The van der Waals surface area contributed by atoms with E-state index in [0.29, 0.717) is 22.1 Å². The molecule has 0 saturated carbocycles. The van der Waals surface area contributed by atoms with Crippen molar-refractivity contribution in [2.24, 2.45) is 0 Å². The van der Waals surface area contributed by atoms with E-state index in [1.165, 1.54) is 0 Å². The molecule has 0 aliphatic heterocycles. The average Bonchev–Trinajstić information content (AvgIpc) is 3.63. The predicted octanol–water partition coefficient (Wildman–Crippen LogP) is 4.42. The molecule has 2 heterocycles. The number of allylic oxidation sites excluding steroid dienone is 2. The SMILES string of the molecule is N#CC(C#N)=C(C#N)c1ccc(/C(c2c3ccccc3cc3ccccc23)=c2/ccc(=C(C#N)C#N)[nH]2)[nH]1. The van der Waals surface area contributed by atoms with Crippen LogP contribution in [0.4, 0.5) is 0 Å². The molecule has 0 atom stereocenters. The number of rotatable bonds is 3. The second-order valence-corrected chi connectivity index (χ2v) is 8.32. The molecule has 0 amide bonds. The summed E-state index contributed by atoms with van der Waals surface area (Å²) in [6.07, 6.45) is 0. The Hall–Kier alpha value is -6.33. The lowest BCUT2D eigenvalue weighted by molar-refractivity contribution is 1.23. The second-order valence-electron chi connectivity index (χ2n) is 8.32. The third kappa shape index (κ3) is 3.84. The van der Waals surface area contributed by atoms with Crippen LogP contribution < -0.4 is 10.7 Å². The van der Waals surface area contributed by atoms with Crippen LogP contribution >= 0.6 is 0 Å². The first-order valence-electron chi connectivity index (χ1n) is 11.4. The number of H-pyrrole nitrogens is 2. The van der Waals surface area contributed by atoms with E-state index >= 15 is 0 Å². The summed E-state index contributed by atoms with van der Waals surface area (Å²) in [5.41, 5.74) is 2.19. The number of aromatic amines is 2. The molecule has 5 rings (SSSR count). The molecule has 7 nitrogen and oxygen atoms in total. The van der Waals surface area contributed by atoms with Crippen LogP contribution in [0.3, 0.4) is 0 Å². The van der Waals surface area contributed by atoms with Crippen LogP contribution in [0.15, 0.2) is 84.4 Å². The summed E-state index contributed by atoms with van der Waals surface area (Å²) < 4.78 is 0. The van der Waals surface area contributed by atoms with Crippen molar-refractivity contribution in [1.29, 1.82) is 26.3 Å². The molecule has 0 aliphatic rings. The zero-order valence-electron chi connectivity index (χ0n) is 19.7. The van der Waals surface area contributed by atoms with Crippen LogP contribution in [-0.4, -0.2) is 9.97 Å². The smallest absolute Gasteiger partial charge is 0.153 e. The Bertz CT molecular complexity index is 2050. The molecule has 0 saturated heterocycles. The molecule has 5 aromatic rings. The predicted molar refractivity (Wildman–Crippen MR) is 142 cm³/mol. The minimum Gasteiger partial charge on any atom is -0.354 e. The van der Waals surface area contributed by atoms with Gasteiger partial charge in [-0.05, 0) is 51.9 Å². The molecular formula is C31H15N7. The lowest BCUT2D eigenvalue weighted by Crippen LogP contribution is -2.16. The van der Waals surface area contributed by atoms with Gasteiger partial charge in [0, 0.05) is 22.2 Å². The van der Waals surface area contributed by atoms with Crippen molar-refractivity contribution in [3.05, 3.63) is 112 Å². The van der Waals surface area contributed by atoms with Gasteiger partial charge in [-0.25, -0.2) is 0 Å². The van der Waals surface area contributed by atoms with Gasteiger partial charge in [0.1, 0.15) is 41.5 Å². The molecule has 0 spiro atoms. The van der Waals surface area contributed by atoms with Crippen molar-refractivity contribution in [2.45, 2.75) is 0 Å². The van der Waals surface area contributed by atoms with Gasteiger partial charge in [0.2, 0.25) is 0 Å². The second kappa shape index (κ2) is 9.73. The molecule has 0 fully saturated rings. The third-order valence-corrected chi connectivity index (χ3v) is 6.28. The van der Waals surface area contributed by atoms with Crippen LogP contribution in [0.5, 0.6) is 0 Å². The zero-order valence-corrected chi connectivity index (χ0v) is 19.7. The molecule has 38 heavy (non-hydrogen) atoms. The molecule has 0 unspecified atom stereocenters. The van der Waals surface area contributed by atoms with Gasteiger partial charge in [-0.1, -0.05) is 48.5 Å². The van der Waals surface area contributed by atoms with E-state index in [1.807, 2.05) is 66.7 Å². The summed E-state index contributed by atoms with van der Waals surface area (Å²) in [7, 11) is 0. The fraction of sp³-hybridized carbons (Fsp3) is 0. The highest BCUT2D eigenvalue weighted by atomic mass is 14.7. The van der Waals surface area contributed by atoms with Gasteiger partial charge >= 0.3 is 0 Å². The van der Waals surface area contributed by atoms with Crippen molar-refractivity contribution in [2.75, 3.05) is 0 Å². The minimum atomic E-state index is -0.289. The molecule has 174 valence electrons. The number of nitriles is 5. The number of hydrogen-bond acceptors (Lipinski definition) is 5. The minimum absolute atomic E-state index is 0.0482. The molecule has 2 N–H and O–H groups in total. The number of aromatic nitrogens is 2. The first kappa shape index (κ1) is 23.4. The van der Waals surface area contributed by atoms with E-state index < -0.39 is 0 Å². The van der Waals surface area contributed by atoms with Crippen molar-refractivity contribution in [3.63, 3.8) is 0 Å². The topological polar surface area (TPSA) is 151 Å². The van der Waals surface area contributed by atoms with Crippen molar-refractivity contribution >= 4 is 38.3 Å². The van der Waals surface area contributed by atoms with Gasteiger partial charge in [0.15, 0.2) is 5.57 Å². The maximum absolute atomic E-state index is 9.69. The monoisotopic (exact) mass is 485 g/mol. The summed E-state index contributed by atoms with van der Waals surface area (Å²) in [6.45, 7) is 0. The maximum Gasteiger partial charge on any atom is 0.153 e. The normalized spacial score (nSPS) is 10.9. The number of nitrogens with one attached hydrogen (secondary N) is 2. The van der Waals surface area contributed by atoms with E-state index in [1.54, 1.807) is 36.4 Å². The summed E-state index contributed by atoms with van der Waals surface area (Å²) in [5, 5.41) is 52.2. The van der Waals surface area contributed by atoms with Crippen molar-refractivity contribution in [1.82, 2.24) is 9.97 Å². The van der Waals surface area contributed by atoms with E-state index in [0.717, 1.165) is 32.7 Å².